The maximum absolute atomic E-state index is 3.24. The molecule has 1 aliphatic heterocycles. The van der Waals surface area contributed by atoms with Crippen molar-refractivity contribution in [2.75, 3.05) is 11.9 Å². The molecular formula is C8H10N2. The lowest BCUT2D eigenvalue weighted by Crippen LogP contribution is -2.05. The van der Waals surface area contributed by atoms with Gasteiger partial charge in [-0.25, -0.2) is 0 Å². The van der Waals surface area contributed by atoms with E-state index in [0.717, 1.165) is 12.4 Å². The van der Waals surface area contributed by atoms with Crippen LogP contribution in [0.1, 0.15) is 12.5 Å². The van der Waals surface area contributed by atoms with Crippen LogP contribution in [0.2, 0.25) is 0 Å². The molecule has 0 aromatic carbocycles. The summed E-state index contributed by atoms with van der Waals surface area (Å²) in [6.45, 7) is 3.08. The van der Waals surface area contributed by atoms with E-state index in [-0.39, 0.29) is 0 Å². The standard InChI is InChI=1S/C8H10N2/c1-6-2-4-9-8-7(6)3-5-10-8/h2-3,5,9-10H,4H2,1H3. The van der Waals surface area contributed by atoms with Crippen LogP contribution in [0, 0.1) is 0 Å². The van der Waals surface area contributed by atoms with Crippen LogP contribution in [0.25, 0.3) is 5.57 Å². The third kappa shape index (κ3) is 0.652. The Kier molecular flexibility index (Phi) is 1.07. The Balaban J connectivity index is 2.55. The van der Waals surface area contributed by atoms with Crippen LogP contribution >= 0.6 is 0 Å². The number of fused-ring (bicyclic) bond motifs is 1. The molecule has 2 N–H and O–H groups in total. The van der Waals surface area contributed by atoms with E-state index in [1.54, 1.807) is 0 Å². The van der Waals surface area contributed by atoms with Crippen LogP contribution < -0.4 is 5.32 Å². The lowest BCUT2D eigenvalue weighted by molar-refractivity contribution is 1.23. The lowest BCUT2D eigenvalue weighted by Gasteiger charge is -2.11. The van der Waals surface area contributed by atoms with Gasteiger partial charge in [0.1, 0.15) is 5.82 Å². The Bertz CT molecular complexity index is 271. The Morgan fingerprint density at radius 3 is 3.20 bits per heavy atom. The zero-order valence-electron chi connectivity index (χ0n) is 5.94. The molecule has 0 spiro atoms. The maximum Gasteiger partial charge on any atom is 0.111 e. The highest BCUT2D eigenvalue weighted by atomic mass is 15.0. The van der Waals surface area contributed by atoms with Gasteiger partial charge in [-0.3, -0.25) is 0 Å². The molecule has 0 radical (unpaired) electrons. The molecule has 2 rings (SSSR count). The van der Waals surface area contributed by atoms with Gasteiger partial charge in [0.15, 0.2) is 0 Å². The zero-order valence-corrected chi connectivity index (χ0v) is 5.94. The summed E-state index contributed by atoms with van der Waals surface area (Å²) < 4.78 is 0. The van der Waals surface area contributed by atoms with Gasteiger partial charge in [0.25, 0.3) is 0 Å². The molecule has 0 saturated heterocycles. The smallest absolute Gasteiger partial charge is 0.111 e. The number of aromatic amines is 1. The van der Waals surface area contributed by atoms with E-state index < -0.39 is 0 Å². The number of hydrogen-bond donors (Lipinski definition) is 2. The molecule has 0 saturated carbocycles. The summed E-state index contributed by atoms with van der Waals surface area (Å²) >= 11 is 0. The van der Waals surface area contributed by atoms with Crippen molar-refractivity contribution in [3.63, 3.8) is 0 Å². The van der Waals surface area contributed by atoms with Crippen LogP contribution in [0.15, 0.2) is 18.3 Å². The minimum atomic E-state index is 0.944. The van der Waals surface area contributed by atoms with E-state index in [1.165, 1.54) is 11.1 Å². The average Bonchev–Trinajstić information content (AvgIpc) is 2.36. The summed E-state index contributed by atoms with van der Waals surface area (Å²) in [7, 11) is 0. The molecule has 2 heterocycles. The van der Waals surface area contributed by atoms with E-state index in [2.05, 4.69) is 29.4 Å². The Morgan fingerprint density at radius 2 is 2.40 bits per heavy atom. The van der Waals surface area contributed by atoms with E-state index >= 15 is 0 Å². The molecule has 1 aromatic heterocycles. The summed E-state index contributed by atoms with van der Waals surface area (Å²) in [6, 6.07) is 2.09. The zero-order chi connectivity index (χ0) is 6.97. The van der Waals surface area contributed by atoms with Gasteiger partial charge in [-0.05, 0) is 18.6 Å². The number of rotatable bonds is 0. The second-order valence-corrected chi connectivity index (χ2v) is 2.53. The van der Waals surface area contributed by atoms with Gasteiger partial charge in [0.05, 0.1) is 0 Å². The number of aromatic nitrogens is 1. The van der Waals surface area contributed by atoms with E-state index in [4.69, 9.17) is 0 Å². The van der Waals surface area contributed by atoms with Gasteiger partial charge >= 0.3 is 0 Å². The van der Waals surface area contributed by atoms with Crippen molar-refractivity contribution in [3.8, 4) is 0 Å². The number of H-pyrrole nitrogens is 1. The van der Waals surface area contributed by atoms with E-state index in [0.29, 0.717) is 0 Å². The molecule has 2 heteroatoms. The highest BCUT2D eigenvalue weighted by Gasteiger charge is 2.07. The van der Waals surface area contributed by atoms with Gasteiger partial charge in [0, 0.05) is 18.3 Å². The first-order chi connectivity index (χ1) is 4.88. The monoisotopic (exact) mass is 134 g/mol. The van der Waals surface area contributed by atoms with Crippen LogP contribution in [-0.4, -0.2) is 11.5 Å². The van der Waals surface area contributed by atoms with E-state index in [9.17, 15) is 0 Å². The number of hydrogen-bond acceptors (Lipinski definition) is 1. The fourth-order valence-corrected chi connectivity index (χ4v) is 1.26. The first-order valence-corrected chi connectivity index (χ1v) is 3.46. The predicted octanol–water partition coefficient (Wildman–Crippen LogP) is 1.84. The fourth-order valence-electron chi connectivity index (χ4n) is 1.26. The minimum absolute atomic E-state index is 0.944. The van der Waals surface area contributed by atoms with Crippen molar-refractivity contribution >= 4 is 11.4 Å². The quantitative estimate of drug-likeness (QED) is 0.556. The van der Waals surface area contributed by atoms with Crippen LogP contribution in [0.4, 0.5) is 5.82 Å². The molecule has 0 unspecified atom stereocenters. The highest BCUT2D eigenvalue weighted by molar-refractivity contribution is 5.76. The van der Waals surface area contributed by atoms with Crippen molar-refractivity contribution in [3.05, 3.63) is 23.9 Å². The summed E-state index contributed by atoms with van der Waals surface area (Å²) in [4.78, 5) is 3.14. The summed E-state index contributed by atoms with van der Waals surface area (Å²) in [5.41, 5.74) is 2.65. The van der Waals surface area contributed by atoms with Crippen molar-refractivity contribution < 1.29 is 0 Å². The van der Waals surface area contributed by atoms with E-state index in [1.807, 2.05) is 6.20 Å². The summed E-state index contributed by atoms with van der Waals surface area (Å²) in [6.07, 6.45) is 4.15. The van der Waals surface area contributed by atoms with Crippen molar-refractivity contribution in [2.24, 2.45) is 0 Å². The second-order valence-electron chi connectivity index (χ2n) is 2.53. The summed E-state index contributed by atoms with van der Waals surface area (Å²) in [5, 5.41) is 3.24. The largest absolute Gasteiger partial charge is 0.368 e. The number of nitrogens with one attached hydrogen (secondary N) is 2. The normalized spacial score (nSPS) is 15.5. The Morgan fingerprint density at radius 1 is 1.50 bits per heavy atom. The third-order valence-electron chi connectivity index (χ3n) is 1.86. The molecule has 2 nitrogen and oxygen atoms in total. The highest BCUT2D eigenvalue weighted by Crippen LogP contribution is 2.24. The van der Waals surface area contributed by atoms with Gasteiger partial charge in [-0.2, -0.15) is 0 Å². The predicted molar refractivity (Wildman–Crippen MR) is 42.9 cm³/mol. The van der Waals surface area contributed by atoms with Gasteiger partial charge in [-0.15, -0.1) is 0 Å². The average molecular weight is 134 g/mol. The molecule has 1 aliphatic rings. The maximum atomic E-state index is 3.24. The Hall–Kier alpha value is -1.18. The first-order valence-electron chi connectivity index (χ1n) is 3.46. The minimum Gasteiger partial charge on any atom is -0.368 e. The first kappa shape index (κ1) is 5.59. The van der Waals surface area contributed by atoms with Gasteiger partial charge in [-0.1, -0.05) is 6.08 Å². The molecule has 0 atom stereocenters. The van der Waals surface area contributed by atoms with Crippen molar-refractivity contribution in [1.29, 1.82) is 0 Å². The number of allylic oxidation sites excluding steroid dienone is 1. The number of anilines is 1. The fraction of sp³-hybridized carbons (Fsp3) is 0.250. The molecule has 0 aliphatic carbocycles. The molecule has 10 heavy (non-hydrogen) atoms. The van der Waals surface area contributed by atoms with Crippen LogP contribution in [-0.2, 0) is 0 Å². The molecule has 0 amide bonds. The topological polar surface area (TPSA) is 27.8 Å². The van der Waals surface area contributed by atoms with Gasteiger partial charge < -0.3 is 10.3 Å². The summed E-state index contributed by atoms with van der Waals surface area (Å²) in [5.74, 6) is 1.15. The van der Waals surface area contributed by atoms with Crippen molar-refractivity contribution in [1.82, 2.24) is 4.98 Å². The molecule has 0 bridgehead atoms. The second kappa shape index (κ2) is 1.90. The molecule has 1 aromatic rings. The van der Waals surface area contributed by atoms with Crippen LogP contribution in [0.5, 0.6) is 0 Å². The lowest BCUT2D eigenvalue weighted by atomic mass is 10.1. The van der Waals surface area contributed by atoms with Gasteiger partial charge in [0.2, 0.25) is 0 Å². The third-order valence-corrected chi connectivity index (χ3v) is 1.86. The van der Waals surface area contributed by atoms with Crippen LogP contribution in [0.3, 0.4) is 0 Å². The molecule has 52 valence electrons. The van der Waals surface area contributed by atoms with Crippen molar-refractivity contribution in [2.45, 2.75) is 6.92 Å². The molecule has 0 fully saturated rings. The SMILES string of the molecule is CC1=CCNc2[nH]ccc21. The molecular weight excluding hydrogens is 124 g/mol. The Labute approximate surface area is 60.0 Å².